The summed E-state index contributed by atoms with van der Waals surface area (Å²) < 4.78 is 97.0. The normalized spacial score (nSPS) is 27.5. The second-order valence-corrected chi connectivity index (χ2v) is 23.8. The Morgan fingerprint density at radius 3 is 2.42 bits per heavy atom. The highest BCUT2D eigenvalue weighted by atomic mass is 32.2. The summed E-state index contributed by atoms with van der Waals surface area (Å²) in [6.45, 7) is 15.1. The maximum Gasteiger partial charge on any atom is 0.437 e. The molecule has 8 rings (SSSR count). The van der Waals surface area contributed by atoms with Crippen LogP contribution in [0.25, 0.3) is 10.9 Å². The zero-order valence-corrected chi connectivity index (χ0v) is 42.0. The number of benzene rings is 1. The molecular weight excluding hydrogens is 950 g/mol. The van der Waals surface area contributed by atoms with Crippen LogP contribution in [0.15, 0.2) is 42.5 Å². The number of likely N-dealkylation sites (tertiary alicyclic amines) is 1. The third kappa shape index (κ3) is 10.8. The van der Waals surface area contributed by atoms with Gasteiger partial charge < -0.3 is 39.4 Å². The average Bonchev–Trinajstić information content (AvgIpc) is 4.13. The standard InChI is InChI=1S/C50H65F3N6O11S/c1-29(2)27-67-44(63)55-37-14-12-10-8-9-11-13-35-30(3)49(35,43(62)57-71(65,66)47(7)21-22-47)56-41(60)38-26-48(28-59(38)42(37)61)20-17-33-34-25-32(15-16-36(34)54-40(39(33)69-48)50(51,52)53)68-31-18-23-58(24-19-31)45(64)70-46(4,5)6/h11,13,15-16,25,29,31,35,37-38H,3,8-10,12,14,17-24,26-28H2,1-2,4-7H3,(H,55,63)(H,56,60)(H,57,62)/b13-11-/t35-,37+,38+,48-,49-/m1/s1. The predicted octanol–water partition coefficient (Wildman–Crippen LogP) is 7.01. The first-order chi connectivity index (χ1) is 33.2. The molecule has 5 heterocycles. The quantitative estimate of drug-likeness (QED) is 0.228. The molecule has 6 aliphatic rings. The van der Waals surface area contributed by atoms with Crippen molar-refractivity contribution in [1.29, 1.82) is 0 Å². The molecule has 3 N–H and O–H groups in total. The Balaban J connectivity index is 1.12. The van der Waals surface area contributed by atoms with Gasteiger partial charge in [0.15, 0.2) is 17.0 Å². The molecule has 1 aromatic carbocycles. The fraction of sp³-hybridized carbons (Fsp3) is 0.640. The molecule has 0 radical (unpaired) electrons. The molecule has 17 nitrogen and oxygen atoms in total. The Morgan fingerprint density at radius 2 is 1.76 bits per heavy atom. The summed E-state index contributed by atoms with van der Waals surface area (Å²) in [7, 11) is -4.19. The van der Waals surface area contributed by atoms with Gasteiger partial charge in [0.05, 0.1) is 23.4 Å². The highest BCUT2D eigenvalue weighted by Crippen LogP contribution is 2.53. The predicted molar refractivity (Wildman–Crippen MR) is 254 cm³/mol. The fourth-order valence-corrected chi connectivity index (χ4v) is 11.3. The number of aryl methyl sites for hydroxylation is 1. The first kappa shape index (κ1) is 51.7. The van der Waals surface area contributed by atoms with Crippen LogP contribution in [0.5, 0.6) is 11.5 Å². The van der Waals surface area contributed by atoms with Crippen molar-refractivity contribution in [2.24, 2.45) is 11.8 Å². The first-order valence-corrected chi connectivity index (χ1v) is 26.1. The molecule has 5 atom stereocenters. The van der Waals surface area contributed by atoms with E-state index in [1.165, 1.54) is 17.9 Å². The summed E-state index contributed by atoms with van der Waals surface area (Å²) in [5, 5.41) is 5.78. The van der Waals surface area contributed by atoms with E-state index < -0.39 is 97.0 Å². The maximum absolute atomic E-state index is 15.1. The van der Waals surface area contributed by atoms with Gasteiger partial charge in [-0.25, -0.2) is 23.0 Å². The lowest BCUT2D eigenvalue weighted by Crippen LogP contribution is -2.58. The van der Waals surface area contributed by atoms with Crippen LogP contribution in [-0.2, 0) is 46.5 Å². The molecule has 4 aliphatic heterocycles. The van der Waals surface area contributed by atoms with Crippen LogP contribution in [0.1, 0.15) is 123 Å². The van der Waals surface area contributed by atoms with Gasteiger partial charge in [-0.3, -0.25) is 19.1 Å². The Morgan fingerprint density at radius 1 is 1.04 bits per heavy atom. The van der Waals surface area contributed by atoms with E-state index >= 15 is 13.2 Å². The molecule has 1 aromatic heterocycles. The third-order valence-corrected chi connectivity index (χ3v) is 16.6. The van der Waals surface area contributed by atoms with E-state index in [0.717, 1.165) is 0 Å². The monoisotopic (exact) mass is 1010 g/mol. The summed E-state index contributed by atoms with van der Waals surface area (Å²) in [5.74, 6) is -3.65. The van der Waals surface area contributed by atoms with Crippen LogP contribution in [0.4, 0.5) is 22.8 Å². The number of halogens is 3. The van der Waals surface area contributed by atoms with Gasteiger partial charge in [-0.15, -0.1) is 0 Å². The fourth-order valence-electron chi connectivity index (χ4n) is 10.0. The number of amides is 5. The highest BCUT2D eigenvalue weighted by molar-refractivity contribution is 7.91. The first-order valence-electron chi connectivity index (χ1n) is 24.6. The van der Waals surface area contributed by atoms with Crippen molar-refractivity contribution >= 4 is 50.8 Å². The number of ether oxygens (including phenoxy) is 4. The number of hydrogen-bond donors (Lipinski definition) is 3. The van der Waals surface area contributed by atoms with Crippen LogP contribution in [-0.4, -0.2) is 119 Å². The van der Waals surface area contributed by atoms with Crippen LogP contribution >= 0.6 is 0 Å². The van der Waals surface area contributed by atoms with Crippen molar-refractivity contribution in [2.45, 2.75) is 164 Å². The number of alkyl halides is 3. The van der Waals surface area contributed by atoms with Gasteiger partial charge in [-0.05, 0) is 102 Å². The molecule has 2 saturated carbocycles. The van der Waals surface area contributed by atoms with E-state index in [-0.39, 0.29) is 67.5 Å². The Hall–Kier alpha value is -5.60. The van der Waals surface area contributed by atoms with E-state index in [1.54, 1.807) is 43.9 Å². The molecule has 0 bridgehead atoms. The van der Waals surface area contributed by atoms with E-state index in [9.17, 15) is 32.4 Å². The summed E-state index contributed by atoms with van der Waals surface area (Å²) >= 11 is 0. The maximum atomic E-state index is 15.1. The third-order valence-electron chi connectivity index (χ3n) is 14.4. The van der Waals surface area contributed by atoms with E-state index in [1.807, 2.05) is 19.9 Å². The second-order valence-electron chi connectivity index (χ2n) is 21.6. The molecule has 0 unspecified atom stereocenters. The number of hydrogen-bond acceptors (Lipinski definition) is 12. The average molecular weight is 1020 g/mol. The smallest absolute Gasteiger partial charge is 0.437 e. The Kier molecular flexibility index (Phi) is 13.9. The number of nitrogens with one attached hydrogen (secondary N) is 3. The number of pyridine rings is 1. The van der Waals surface area contributed by atoms with Gasteiger partial charge >= 0.3 is 18.4 Å². The highest BCUT2D eigenvalue weighted by Gasteiger charge is 2.67. The van der Waals surface area contributed by atoms with Crippen molar-refractivity contribution in [1.82, 2.24) is 30.1 Å². The summed E-state index contributed by atoms with van der Waals surface area (Å²) in [5.41, 5.74) is -5.03. The topological polar surface area (TPSA) is 212 Å². The number of allylic oxidation sites excluding steroid dienone is 1. The van der Waals surface area contributed by atoms with Crippen molar-refractivity contribution < 1.29 is 64.5 Å². The number of alkyl carbamates (subject to hydrolysis) is 1. The van der Waals surface area contributed by atoms with Crippen LogP contribution < -0.4 is 24.8 Å². The Labute approximate surface area is 412 Å². The van der Waals surface area contributed by atoms with Crippen LogP contribution in [0, 0.1) is 11.8 Å². The minimum absolute atomic E-state index is 0.00137. The number of nitrogens with zero attached hydrogens (tertiary/aromatic N) is 3. The molecule has 2 aliphatic carbocycles. The number of sulfonamides is 1. The van der Waals surface area contributed by atoms with Gasteiger partial charge in [-0.1, -0.05) is 45.4 Å². The summed E-state index contributed by atoms with van der Waals surface area (Å²) in [6, 6.07) is 1.92. The van der Waals surface area contributed by atoms with Crippen molar-refractivity contribution in [2.75, 3.05) is 26.2 Å². The molecule has 4 fully saturated rings. The molecule has 71 heavy (non-hydrogen) atoms. The molecular formula is C50H65F3N6O11S. The molecule has 2 saturated heterocycles. The van der Waals surface area contributed by atoms with Crippen molar-refractivity contribution in [3.8, 4) is 11.5 Å². The molecule has 2 aromatic rings. The van der Waals surface area contributed by atoms with E-state index in [4.69, 9.17) is 18.9 Å². The van der Waals surface area contributed by atoms with Gasteiger partial charge in [0.1, 0.15) is 35.1 Å². The molecule has 5 amide bonds. The Bertz CT molecular complexity index is 2620. The minimum atomic E-state index is -5.00. The van der Waals surface area contributed by atoms with E-state index in [2.05, 4.69) is 26.9 Å². The largest absolute Gasteiger partial charge is 0.490 e. The molecule has 1 spiro atoms. The number of piperidine rings is 1. The second kappa shape index (κ2) is 19.1. The number of aromatic nitrogens is 1. The number of rotatable bonds is 8. The van der Waals surface area contributed by atoms with Crippen LogP contribution in [0.2, 0.25) is 0 Å². The van der Waals surface area contributed by atoms with Gasteiger partial charge in [0.25, 0.3) is 5.91 Å². The summed E-state index contributed by atoms with van der Waals surface area (Å²) in [6.07, 6.45) is 0.715. The lowest BCUT2D eigenvalue weighted by Gasteiger charge is -2.37. The van der Waals surface area contributed by atoms with Crippen molar-refractivity contribution in [3.05, 3.63) is 53.8 Å². The van der Waals surface area contributed by atoms with Crippen molar-refractivity contribution in [3.63, 3.8) is 0 Å². The lowest BCUT2D eigenvalue weighted by atomic mass is 9.87. The number of fused-ring (bicyclic) bond motifs is 5. The van der Waals surface area contributed by atoms with E-state index in [0.29, 0.717) is 75.6 Å². The minimum Gasteiger partial charge on any atom is -0.490 e. The van der Waals surface area contributed by atoms with Gasteiger partial charge in [-0.2, -0.15) is 13.2 Å². The number of carbonyl (C=O) groups is 5. The van der Waals surface area contributed by atoms with Crippen LogP contribution in [0.3, 0.4) is 0 Å². The van der Waals surface area contributed by atoms with Gasteiger partial charge in [0.2, 0.25) is 21.8 Å². The zero-order chi connectivity index (χ0) is 51.5. The SMILES string of the molecule is C=C1[C@H]2/C=C\CCCCC[C@H](NC(=O)OCC(C)C)C(=O)N3C[C@@]4(CCc5c(c(C(F)(F)F)nc6ccc(OC7CCN(C(=O)OC(C)(C)C)CC7)cc56)O4)C[C@H]3C(=O)N[C@]12C(=O)NS(=O)(=O)C1(C)CC1. The molecule has 21 heteroatoms. The lowest BCUT2D eigenvalue weighted by molar-refractivity contribution is -0.144. The molecule has 388 valence electrons. The number of carbonyl (C=O) groups excluding carboxylic acids is 5. The van der Waals surface area contributed by atoms with Gasteiger partial charge in [0, 0.05) is 49.2 Å². The zero-order valence-electron chi connectivity index (χ0n) is 41.2. The summed E-state index contributed by atoms with van der Waals surface area (Å²) in [4.78, 5) is 76.8.